The number of benzene rings is 1. The number of aliphatic imine (C=N–C) groups is 1. The zero-order valence-corrected chi connectivity index (χ0v) is 18.6. The van der Waals surface area contributed by atoms with Gasteiger partial charge in [0.25, 0.3) is 0 Å². The minimum Gasteiger partial charge on any atom is -0.370 e. The van der Waals surface area contributed by atoms with Crippen LogP contribution in [0.4, 0.5) is 10.2 Å². The maximum atomic E-state index is 14.1. The van der Waals surface area contributed by atoms with Crippen molar-refractivity contribution in [2.75, 3.05) is 32.0 Å². The second-order valence-corrected chi connectivity index (χ2v) is 6.96. The number of halogens is 2. The van der Waals surface area contributed by atoms with E-state index in [-0.39, 0.29) is 35.2 Å². The summed E-state index contributed by atoms with van der Waals surface area (Å²) in [4.78, 5) is 8.52. The highest BCUT2D eigenvalue weighted by molar-refractivity contribution is 14.0. The monoisotopic (exact) mass is 497 g/mol. The van der Waals surface area contributed by atoms with Gasteiger partial charge in [-0.3, -0.25) is 4.99 Å². The lowest BCUT2D eigenvalue weighted by Gasteiger charge is -2.19. The van der Waals surface area contributed by atoms with Gasteiger partial charge in [0.1, 0.15) is 11.6 Å². The van der Waals surface area contributed by atoms with Gasteiger partial charge in [0.2, 0.25) is 0 Å². The van der Waals surface area contributed by atoms with Crippen molar-refractivity contribution in [1.82, 2.24) is 15.6 Å². The molecule has 1 saturated carbocycles. The molecule has 7 heteroatoms. The van der Waals surface area contributed by atoms with Crippen LogP contribution in [-0.4, -0.2) is 37.6 Å². The third kappa shape index (κ3) is 6.32. The highest BCUT2D eigenvalue weighted by Crippen LogP contribution is 2.48. The second-order valence-electron chi connectivity index (χ2n) is 6.96. The molecule has 1 aromatic heterocycles. The van der Waals surface area contributed by atoms with Crippen molar-refractivity contribution in [2.24, 2.45) is 4.99 Å². The Hall–Kier alpha value is -1.90. The summed E-state index contributed by atoms with van der Waals surface area (Å²) >= 11 is 0. The molecule has 3 N–H and O–H groups in total. The molecule has 1 heterocycles. The lowest BCUT2D eigenvalue weighted by molar-refractivity contribution is 0.559. The molecule has 1 aliphatic carbocycles. The Morgan fingerprint density at radius 3 is 2.50 bits per heavy atom. The van der Waals surface area contributed by atoms with E-state index in [4.69, 9.17) is 0 Å². The number of anilines is 1. The average molecular weight is 497 g/mol. The topological polar surface area (TPSA) is 61.3 Å². The van der Waals surface area contributed by atoms with Gasteiger partial charge in [0.05, 0.1) is 0 Å². The summed E-state index contributed by atoms with van der Waals surface area (Å²) in [5.74, 6) is 1.57. The van der Waals surface area contributed by atoms with Gasteiger partial charge in [0.15, 0.2) is 5.96 Å². The Bertz CT molecular complexity index is 749. The third-order valence-electron chi connectivity index (χ3n) is 4.98. The van der Waals surface area contributed by atoms with Crippen LogP contribution >= 0.6 is 24.0 Å². The van der Waals surface area contributed by atoms with Gasteiger partial charge >= 0.3 is 0 Å². The molecule has 0 spiro atoms. The molecule has 1 aliphatic rings. The quantitative estimate of drug-likeness (QED) is 0.213. The largest absolute Gasteiger partial charge is 0.370 e. The molecule has 0 aliphatic heterocycles. The molecule has 0 saturated heterocycles. The summed E-state index contributed by atoms with van der Waals surface area (Å²) in [6, 6.07) is 12.9. The minimum absolute atomic E-state index is 0. The summed E-state index contributed by atoms with van der Waals surface area (Å²) in [5, 5.41) is 10.0. The summed E-state index contributed by atoms with van der Waals surface area (Å²) < 4.78 is 14.1. The van der Waals surface area contributed by atoms with Gasteiger partial charge in [0, 0.05) is 38.3 Å². The Balaban J connectivity index is 0.00000280. The predicted molar refractivity (Wildman–Crippen MR) is 124 cm³/mol. The fraction of sp³-hybridized carbons (Fsp3) is 0.429. The van der Waals surface area contributed by atoms with Crippen molar-refractivity contribution in [1.29, 1.82) is 0 Å². The molecular formula is C21H29FIN5. The van der Waals surface area contributed by atoms with Gasteiger partial charge in [-0.2, -0.15) is 0 Å². The molecule has 152 valence electrons. The van der Waals surface area contributed by atoms with E-state index >= 15 is 0 Å². The maximum Gasteiger partial charge on any atom is 0.191 e. The Labute approximate surface area is 183 Å². The van der Waals surface area contributed by atoms with E-state index in [0.29, 0.717) is 6.54 Å². The highest BCUT2D eigenvalue weighted by Gasteiger charge is 2.45. The number of nitrogens with one attached hydrogen (secondary N) is 3. The lowest BCUT2D eigenvalue weighted by Crippen LogP contribution is -2.41. The van der Waals surface area contributed by atoms with Crippen LogP contribution in [0.5, 0.6) is 0 Å². The highest BCUT2D eigenvalue weighted by atomic mass is 127. The number of hydrogen-bond donors (Lipinski definition) is 3. The molecule has 0 unspecified atom stereocenters. The lowest BCUT2D eigenvalue weighted by atomic mass is 9.95. The van der Waals surface area contributed by atoms with Crippen molar-refractivity contribution in [3.63, 3.8) is 0 Å². The first-order valence-corrected chi connectivity index (χ1v) is 9.58. The molecule has 1 fully saturated rings. The van der Waals surface area contributed by atoms with Crippen LogP contribution in [0.2, 0.25) is 0 Å². The number of pyridine rings is 1. The van der Waals surface area contributed by atoms with Crippen LogP contribution in [0.3, 0.4) is 0 Å². The van der Waals surface area contributed by atoms with Crippen LogP contribution in [0.25, 0.3) is 0 Å². The van der Waals surface area contributed by atoms with E-state index < -0.39 is 0 Å². The molecule has 1 aromatic carbocycles. The molecule has 0 amide bonds. The van der Waals surface area contributed by atoms with Crippen molar-refractivity contribution in [2.45, 2.75) is 31.1 Å². The minimum atomic E-state index is -0.111. The zero-order valence-electron chi connectivity index (χ0n) is 16.2. The smallest absolute Gasteiger partial charge is 0.191 e. The van der Waals surface area contributed by atoms with E-state index in [0.717, 1.165) is 56.1 Å². The first-order chi connectivity index (χ1) is 13.2. The normalized spacial score (nSPS) is 14.7. The van der Waals surface area contributed by atoms with Gasteiger partial charge in [-0.25, -0.2) is 9.37 Å². The predicted octanol–water partition coefficient (Wildman–Crippen LogP) is 3.93. The molecule has 0 atom stereocenters. The first-order valence-electron chi connectivity index (χ1n) is 9.58. The molecule has 5 nitrogen and oxygen atoms in total. The first kappa shape index (κ1) is 22.4. The fourth-order valence-corrected chi connectivity index (χ4v) is 3.20. The number of unbranched alkanes of at least 4 members (excludes halogenated alkanes) is 1. The average Bonchev–Trinajstić information content (AvgIpc) is 3.49. The summed E-state index contributed by atoms with van der Waals surface area (Å²) in [6.07, 6.45) is 5.88. The molecule has 0 radical (unpaired) electrons. The molecule has 3 rings (SSSR count). The van der Waals surface area contributed by atoms with Crippen molar-refractivity contribution in [3.8, 4) is 0 Å². The summed E-state index contributed by atoms with van der Waals surface area (Å²) in [7, 11) is 1.76. The SMILES string of the molecule is CN=C(NCCCCNc1ccccn1)NCC1(c2ccccc2F)CC1.I. The Kier molecular flexibility index (Phi) is 8.95. The number of nitrogens with zero attached hydrogens (tertiary/aromatic N) is 2. The van der Waals surface area contributed by atoms with E-state index in [1.807, 2.05) is 30.3 Å². The van der Waals surface area contributed by atoms with Gasteiger partial charge < -0.3 is 16.0 Å². The van der Waals surface area contributed by atoms with Crippen molar-refractivity contribution < 1.29 is 4.39 Å². The molecule has 0 bridgehead atoms. The molecule has 28 heavy (non-hydrogen) atoms. The van der Waals surface area contributed by atoms with E-state index in [1.54, 1.807) is 25.4 Å². The van der Waals surface area contributed by atoms with E-state index in [1.165, 1.54) is 0 Å². The fourth-order valence-electron chi connectivity index (χ4n) is 3.20. The van der Waals surface area contributed by atoms with Crippen molar-refractivity contribution >= 4 is 35.8 Å². The second kappa shape index (κ2) is 11.2. The molecule has 2 aromatic rings. The standard InChI is InChI=1S/C21H28FN5.HI/c1-23-20(26-15-7-6-14-25-19-10-4-5-13-24-19)27-16-21(11-12-21)17-8-2-3-9-18(17)22;/h2-5,8-10,13H,6-7,11-12,14-16H2,1H3,(H,24,25)(H2,23,26,27);1H. The number of rotatable bonds is 9. The van der Waals surface area contributed by atoms with E-state index in [2.05, 4.69) is 25.9 Å². The van der Waals surface area contributed by atoms with Crippen LogP contribution in [0.15, 0.2) is 53.7 Å². The van der Waals surface area contributed by atoms with Gasteiger partial charge in [-0.15, -0.1) is 24.0 Å². The van der Waals surface area contributed by atoms with Crippen LogP contribution in [0.1, 0.15) is 31.2 Å². The summed E-state index contributed by atoms with van der Waals surface area (Å²) in [6.45, 7) is 2.44. The van der Waals surface area contributed by atoms with Crippen LogP contribution in [-0.2, 0) is 5.41 Å². The van der Waals surface area contributed by atoms with E-state index in [9.17, 15) is 4.39 Å². The third-order valence-corrected chi connectivity index (χ3v) is 4.98. The maximum absolute atomic E-state index is 14.1. The van der Waals surface area contributed by atoms with Crippen LogP contribution < -0.4 is 16.0 Å². The number of guanidine groups is 1. The number of hydrogen-bond acceptors (Lipinski definition) is 3. The van der Waals surface area contributed by atoms with Gasteiger partial charge in [-0.05, 0) is 49.4 Å². The Morgan fingerprint density at radius 1 is 1.07 bits per heavy atom. The molecular weight excluding hydrogens is 468 g/mol. The number of aromatic nitrogens is 1. The van der Waals surface area contributed by atoms with Crippen LogP contribution in [0, 0.1) is 5.82 Å². The Morgan fingerprint density at radius 2 is 1.82 bits per heavy atom. The van der Waals surface area contributed by atoms with Crippen molar-refractivity contribution in [3.05, 3.63) is 60.0 Å². The van der Waals surface area contributed by atoms with Gasteiger partial charge in [-0.1, -0.05) is 24.3 Å². The zero-order chi connectivity index (χ0) is 19.0. The summed E-state index contributed by atoms with van der Waals surface area (Å²) in [5.41, 5.74) is 0.726.